The van der Waals surface area contributed by atoms with E-state index in [4.69, 9.17) is 0 Å². The van der Waals surface area contributed by atoms with E-state index < -0.39 is 0 Å². The average molecular weight is 187 g/mol. The second-order valence-electron chi connectivity index (χ2n) is 3.77. The van der Waals surface area contributed by atoms with Crippen LogP contribution < -0.4 is 5.32 Å². The van der Waals surface area contributed by atoms with Gasteiger partial charge in [0.2, 0.25) is 0 Å². The van der Waals surface area contributed by atoms with Gasteiger partial charge in [0.25, 0.3) is 0 Å². The van der Waals surface area contributed by atoms with Gasteiger partial charge in [-0.15, -0.1) is 0 Å². The number of rotatable bonds is 6. The van der Waals surface area contributed by atoms with Gasteiger partial charge in [0.05, 0.1) is 0 Å². The molecule has 0 heterocycles. The van der Waals surface area contributed by atoms with Crippen LogP contribution in [0.2, 0.25) is 0 Å². The summed E-state index contributed by atoms with van der Waals surface area (Å²) in [6.07, 6.45) is 5.30. The molecule has 1 nitrogen and oxygen atoms in total. The maximum absolute atomic E-state index is 3.22. The lowest BCUT2D eigenvalue weighted by molar-refractivity contribution is 0.257. The van der Waals surface area contributed by atoms with Crippen molar-refractivity contribution < 1.29 is 0 Å². The molecule has 0 aliphatic rings. The first-order valence-corrected chi connectivity index (χ1v) is 5.83. The molecule has 1 N–H and O–H groups in total. The van der Waals surface area contributed by atoms with E-state index in [1.165, 1.54) is 25.7 Å². The van der Waals surface area contributed by atoms with Gasteiger partial charge in [-0.1, -0.05) is 47.5 Å². The van der Waals surface area contributed by atoms with Crippen molar-refractivity contribution in [2.24, 2.45) is 5.41 Å². The van der Waals surface area contributed by atoms with E-state index in [9.17, 15) is 0 Å². The summed E-state index contributed by atoms with van der Waals surface area (Å²) in [7, 11) is 2.03. The summed E-state index contributed by atoms with van der Waals surface area (Å²) in [5.74, 6) is 0. The Morgan fingerprint density at radius 2 is 1.62 bits per heavy atom. The molecule has 0 saturated carbocycles. The van der Waals surface area contributed by atoms with E-state index >= 15 is 0 Å². The van der Waals surface area contributed by atoms with Crippen molar-refractivity contribution in [1.82, 2.24) is 5.32 Å². The van der Waals surface area contributed by atoms with Crippen LogP contribution in [-0.2, 0) is 0 Å². The van der Waals surface area contributed by atoms with Gasteiger partial charge in [-0.3, -0.25) is 0 Å². The normalized spacial score (nSPS) is 14.3. The highest BCUT2D eigenvalue weighted by Crippen LogP contribution is 2.30. The molecular formula is C12H29N. The molecule has 0 aromatic carbocycles. The van der Waals surface area contributed by atoms with Gasteiger partial charge in [-0.2, -0.15) is 0 Å². The van der Waals surface area contributed by atoms with Crippen molar-refractivity contribution in [2.45, 2.75) is 60.3 Å². The molecule has 82 valence electrons. The lowest BCUT2D eigenvalue weighted by atomic mass is 9.80. The molecule has 0 bridgehead atoms. The Morgan fingerprint density at radius 1 is 1.08 bits per heavy atom. The summed E-state index contributed by atoms with van der Waals surface area (Å²) >= 11 is 0. The van der Waals surface area contributed by atoms with E-state index in [2.05, 4.69) is 26.1 Å². The Balaban J connectivity index is 0. The molecule has 0 aromatic rings. The van der Waals surface area contributed by atoms with Crippen molar-refractivity contribution >= 4 is 0 Å². The molecule has 1 atom stereocenters. The number of hydrogen-bond donors (Lipinski definition) is 1. The Bertz CT molecular complexity index is 91.1. The molecular weight excluding hydrogens is 158 g/mol. The van der Waals surface area contributed by atoms with E-state index in [-0.39, 0.29) is 0 Å². The van der Waals surface area contributed by atoms with Gasteiger partial charge in [0.1, 0.15) is 0 Å². The molecule has 0 aromatic heterocycles. The molecule has 0 aliphatic carbocycles. The van der Waals surface area contributed by atoms with E-state index in [0.29, 0.717) is 5.41 Å². The smallest absolute Gasteiger partial charge is 0.00467 e. The van der Waals surface area contributed by atoms with Crippen LogP contribution in [0.25, 0.3) is 0 Å². The van der Waals surface area contributed by atoms with Crippen molar-refractivity contribution in [3.63, 3.8) is 0 Å². The fourth-order valence-corrected chi connectivity index (χ4v) is 1.51. The van der Waals surface area contributed by atoms with Crippen LogP contribution in [0.3, 0.4) is 0 Å². The van der Waals surface area contributed by atoms with Crippen molar-refractivity contribution in [3.8, 4) is 0 Å². The standard InChI is InChI=1S/C10H23N.C2H6/c1-5-7-10(3,6-2)8-9-11-4;1-2/h11H,5-9H2,1-4H3;1-2H3. The second kappa shape index (κ2) is 10.0. The van der Waals surface area contributed by atoms with Crippen LogP contribution in [-0.4, -0.2) is 13.6 Å². The van der Waals surface area contributed by atoms with Gasteiger partial charge < -0.3 is 5.32 Å². The van der Waals surface area contributed by atoms with Crippen LogP contribution in [0.5, 0.6) is 0 Å². The minimum Gasteiger partial charge on any atom is -0.320 e. The van der Waals surface area contributed by atoms with Crippen LogP contribution >= 0.6 is 0 Å². The third-order valence-electron chi connectivity index (χ3n) is 2.69. The number of nitrogens with one attached hydrogen (secondary N) is 1. The van der Waals surface area contributed by atoms with Crippen LogP contribution in [0, 0.1) is 5.41 Å². The maximum atomic E-state index is 3.22. The highest BCUT2D eigenvalue weighted by molar-refractivity contribution is 4.72. The summed E-state index contributed by atoms with van der Waals surface area (Å²) in [6, 6.07) is 0. The van der Waals surface area contributed by atoms with Gasteiger partial charge in [-0.05, 0) is 31.8 Å². The zero-order chi connectivity index (χ0) is 10.7. The molecule has 0 amide bonds. The van der Waals surface area contributed by atoms with E-state index in [1.807, 2.05) is 20.9 Å². The molecule has 1 unspecified atom stereocenters. The molecule has 0 aliphatic heterocycles. The summed E-state index contributed by atoms with van der Waals surface area (Å²) in [4.78, 5) is 0. The largest absolute Gasteiger partial charge is 0.320 e. The van der Waals surface area contributed by atoms with Crippen LogP contribution in [0.15, 0.2) is 0 Å². The number of hydrogen-bond acceptors (Lipinski definition) is 1. The first-order valence-electron chi connectivity index (χ1n) is 5.83. The lowest BCUT2D eigenvalue weighted by Gasteiger charge is -2.27. The van der Waals surface area contributed by atoms with Crippen molar-refractivity contribution in [2.75, 3.05) is 13.6 Å². The third kappa shape index (κ3) is 8.29. The van der Waals surface area contributed by atoms with Crippen LogP contribution in [0.1, 0.15) is 60.3 Å². The summed E-state index contributed by atoms with van der Waals surface area (Å²) in [5.41, 5.74) is 0.581. The quantitative estimate of drug-likeness (QED) is 0.666. The van der Waals surface area contributed by atoms with Gasteiger partial charge in [0, 0.05) is 0 Å². The molecule has 0 fully saturated rings. The Kier molecular flexibility index (Phi) is 11.9. The Morgan fingerprint density at radius 3 is 1.92 bits per heavy atom. The molecule has 1 heteroatoms. The van der Waals surface area contributed by atoms with Crippen molar-refractivity contribution in [3.05, 3.63) is 0 Å². The zero-order valence-electron chi connectivity index (χ0n) is 10.5. The molecule has 0 saturated heterocycles. The highest BCUT2D eigenvalue weighted by atomic mass is 14.8. The van der Waals surface area contributed by atoms with Crippen molar-refractivity contribution in [1.29, 1.82) is 0 Å². The SMILES string of the molecule is CC.CCCC(C)(CC)CCNC. The topological polar surface area (TPSA) is 12.0 Å². The minimum atomic E-state index is 0.581. The second-order valence-corrected chi connectivity index (χ2v) is 3.77. The molecule has 0 radical (unpaired) electrons. The maximum Gasteiger partial charge on any atom is -0.00467 e. The molecule has 0 rings (SSSR count). The fourth-order valence-electron chi connectivity index (χ4n) is 1.51. The Hall–Kier alpha value is -0.0400. The highest BCUT2D eigenvalue weighted by Gasteiger charge is 2.19. The first-order chi connectivity index (χ1) is 6.18. The fraction of sp³-hybridized carbons (Fsp3) is 1.00. The van der Waals surface area contributed by atoms with Crippen LogP contribution in [0.4, 0.5) is 0 Å². The molecule has 0 spiro atoms. The predicted octanol–water partition coefficient (Wildman–Crippen LogP) is 3.84. The summed E-state index contributed by atoms with van der Waals surface area (Å²) in [5, 5.41) is 3.22. The van der Waals surface area contributed by atoms with E-state index in [1.54, 1.807) is 0 Å². The summed E-state index contributed by atoms with van der Waals surface area (Å²) in [6.45, 7) is 12.1. The minimum absolute atomic E-state index is 0.581. The van der Waals surface area contributed by atoms with E-state index in [0.717, 1.165) is 6.54 Å². The third-order valence-corrected chi connectivity index (χ3v) is 2.69. The van der Waals surface area contributed by atoms with Gasteiger partial charge in [-0.25, -0.2) is 0 Å². The summed E-state index contributed by atoms with van der Waals surface area (Å²) < 4.78 is 0. The lowest BCUT2D eigenvalue weighted by Crippen LogP contribution is -2.21. The average Bonchev–Trinajstić information content (AvgIpc) is 2.18. The molecule has 13 heavy (non-hydrogen) atoms. The van der Waals surface area contributed by atoms with Gasteiger partial charge >= 0.3 is 0 Å². The first kappa shape index (κ1) is 15.4. The predicted molar refractivity (Wildman–Crippen MR) is 63.2 cm³/mol. The Labute approximate surface area is 85.3 Å². The zero-order valence-corrected chi connectivity index (χ0v) is 10.5. The monoisotopic (exact) mass is 187 g/mol. The van der Waals surface area contributed by atoms with Gasteiger partial charge in [0.15, 0.2) is 0 Å².